The van der Waals surface area contributed by atoms with Gasteiger partial charge in [0.2, 0.25) is 5.91 Å². The molecule has 1 saturated heterocycles. The second kappa shape index (κ2) is 10.6. The highest BCUT2D eigenvalue weighted by molar-refractivity contribution is 7.22. The summed E-state index contributed by atoms with van der Waals surface area (Å²) >= 11 is 1.59. The molecule has 1 amide bonds. The molecule has 0 bridgehead atoms. The van der Waals surface area contributed by atoms with Gasteiger partial charge in [0, 0.05) is 19.6 Å². The molecule has 1 atom stereocenters. The molecule has 1 fully saturated rings. The van der Waals surface area contributed by atoms with Crippen LogP contribution in [0.1, 0.15) is 38.8 Å². The summed E-state index contributed by atoms with van der Waals surface area (Å²) in [7, 11) is 0. The van der Waals surface area contributed by atoms with E-state index in [4.69, 9.17) is 4.98 Å². The maximum atomic E-state index is 13.8. The summed E-state index contributed by atoms with van der Waals surface area (Å²) in [5, 5.41) is 8.60. The molecule has 3 aromatic rings. The van der Waals surface area contributed by atoms with Crippen LogP contribution in [0.2, 0.25) is 0 Å². The van der Waals surface area contributed by atoms with E-state index in [1.807, 2.05) is 13.0 Å². The number of carbonyl (C=O) groups is 1. The number of nitrogens with zero attached hydrogens (tertiary/aromatic N) is 5. The topological polar surface area (TPSA) is 66.3 Å². The Balaban J connectivity index is 1.42. The number of halogens is 1. The first-order valence-corrected chi connectivity index (χ1v) is 12.7. The summed E-state index contributed by atoms with van der Waals surface area (Å²) in [4.78, 5) is 22.2. The molecule has 0 radical (unpaired) electrons. The Morgan fingerprint density at radius 1 is 1.33 bits per heavy atom. The van der Waals surface area contributed by atoms with E-state index in [9.17, 15) is 9.18 Å². The number of nitrogens with one attached hydrogen (secondary N) is 1. The summed E-state index contributed by atoms with van der Waals surface area (Å²) < 4.78 is 16.5. The lowest BCUT2D eigenvalue weighted by molar-refractivity contribution is -0.125. The summed E-state index contributed by atoms with van der Waals surface area (Å²) in [5.74, 6) is -0.186. The zero-order valence-electron chi connectivity index (χ0n) is 19.7. The molecule has 9 heteroatoms. The minimum absolute atomic E-state index is 0.0277. The van der Waals surface area contributed by atoms with Crippen LogP contribution in [-0.4, -0.2) is 64.8 Å². The van der Waals surface area contributed by atoms with E-state index in [-0.39, 0.29) is 17.6 Å². The summed E-state index contributed by atoms with van der Waals surface area (Å²) in [5.41, 5.74) is 2.27. The number of carbonyl (C=O) groups excluding carboxylic acids is 1. The van der Waals surface area contributed by atoms with Crippen LogP contribution in [0, 0.1) is 18.7 Å². The highest BCUT2D eigenvalue weighted by Gasteiger charge is 2.28. The average Bonchev–Trinajstić information content (AvgIpc) is 3.40. The van der Waals surface area contributed by atoms with Crippen molar-refractivity contribution in [3.05, 3.63) is 35.8 Å². The van der Waals surface area contributed by atoms with E-state index in [2.05, 4.69) is 34.1 Å². The normalized spacial score (nSPS) is 16.6. The lowest BCUT2D eigenvalue weighted by Gasteiger charge is -2.31. The largest absolute Gasteiger partial charge is 0.356 e. The Hall–Kier alpha value is -2.52. The van der Waals surface area contributed by atoms with Gasteiger partial charge < -0.3 is 15.1 Å². The van der Waals surface area contributed by atoms with Crippen molar-refractivity contribution in [3.8, 4) is 5.69 Å². The number of benzene rings is 1. The van der Waals surface area contributed by atoms with Crippen LogP contribution in [0.15, 0.2) is 24.3 Å². The minimum Gasteiger partial charge on any atom is -0.356 e. The fourth-order valence-corrected chi connectivity index (χ4v) is 5.43. The van der Waals surface area contributed by atoms with Crippen LogP contribution < -0.4 is 10.2 Å². The predicted octanol–water partition coefficient (Wildman–Crippen LogP) is 3.99. The van der Waals surface area contributed by atoms with Crippen molar-refractivity contribution in [1.29, 1.82) is 0 Å². The quantitative estimate of drug-likeness (QED) is 0.477. The molecule has 1 aliphatic heterocycles. The van der Waals surface area contributed by atoms with E-state index < -0.39 is 0 Å². The lowest BCUT2D eigenvalue weighted by atomic mass is 9.97. The summed E-state index contributed by atoms with van der Waals surface area (Å²) in [6, 6.07) is 6.39. The first-order chi connectivity index (χ1) is 16.0. The van der Waals surface area contributed by atoms with Crippen molar-refractivity contribution in [2.45, 2.75) is 40.0 Å². The summed E-state index contributed by atoms with van der Waals surface area (Å²) in [6.07, 6.45) is 2.83. The van der Waals surface area contributed by atoms with Gasteiger partial charge in [0.1, 0.15) is 5.82 Å². The van der Waals surface area contributed by atoms with Gasteiger partial charge in [-0.1, -0.05) is 31.3 Å². The first-order valence-electron chi connectivity index (χ1n) is 11.9. The van der Waals surface area contributed by atoms with Crippen molar-refractivity contribution in [2.24, 2.45) is 5.92 Å². The van der Waals surface area contributed by atoms with Crippen molar-refractivity contribution in [2.75, 3.05) is 44.2 Å². The van der Waals surface area contributed by atoms with Gasteiger partial charge in [0.25, 0.3) is 0 Å². The van der Waals surface area contributed by atoms with Gasteiger partial charge in [0.15, 0.2) is 10.8 Å². The van der Waals surface area contributed by atoms with Crippen LogP contribution in [0.3, 0.4) is 0 Å². The monoisotopic (exact) mass is 472 g/mol. The zero-order chi connectivity index (χ0) is 23.4. The molecule has 33 heavy (non-hydrogen) atoms. The van der Waals surface area contributed by atoms with Gasteiger partial charge >= 0.3 is 0 Å². The number of rotatable bonds is 9. The van der Waals surface area contributed by atoms with E-state index in [1.54, 1.807) is 22.1 Å². The third-order valence-electron chi connectivity index (χ3n) is 6.34. The van der Waals surface area contributed by atoms with Gasteiger partial charge in [-0.05, 0) is 64.0 Å². The Morgan fingerprint density at radius 3 is 2.91 bits per heavy atom. The molecule has 0 aliphatic carbocycles. The third kappa shape index (κ3) is 5.35. The lowest BCUT2D eigenvalue weighted by Crippen LogP contribution is -2.43. The fraction of sp³-hybridized carbons (Fsp3) is 0.542. The van der Waals surface area contributed by atoms with Crippen molar-refractivity contribution < 1.29 is 9.18 Å². The molecule has 1 unspecified atom stereocenters. The second-order valence-electron chi connectivity index (χ2n) is 8.58. The molecule has 0 saturated carbocycles. The van der Waals surface area contributed by atoms with Crippen molar-refractivity contribution in [3.63, 3.8) is 0 Å². The molecule has 3 heterocycles. The molecule has 4 rings (SSSR count). The van der Waals surface area contributed by atoms with Gasteiger partial charge in [0.05, 0.1) is 22.0 Å². The number of hydrogen-bond acceptors (Lipinski definition) is 6. The number of hydrogen-bond donors (Lipinski definition) is 1. The van der Waals surface area contributed by atoms with Crippen molar-refractivity contribution in [1.82, 2.24) is 25.0 Å². The number of amides is 1. The van der Waals surface area contributed by atoms with Gasteiger partial charge in [-0.3, -0.25) is 4.79 Å². The Kier molecular flexibility index (Phi) is 7.60. The number of aryl methyl sites for hydroxylation is 1. The molecule has 1 aromatic carbocycles. The number of anilines is 1. The maximum absolute atomic E-state index is 13.8. The molecule has 0 spiro atoms. The van der Waals surface area contributed by atoms with Crippen LogP contribution in [-0.2, 0) is 4.79 Å². The smallest absolute Gasteiger partial charge is 0.224 e. The third-order valence-corrected chi connectivity index (χ3v) is 7.55. The molecule has 2 aromatic heterocycles. The van der Waals surface area contributed by atoms with E-state index in [0.717, 1.165) is 73.2 Å². The van der Waals surface area contributed by atoms with E-state index in [0.29, 0.717) is 12.2 Å². The Morgan fingerprint density at radius 2 is 2.15 bits per heavy atom. The standard InChI is InChI=1S/C24H33FN6OS/c1-4-29(5-2)13-8-12-26-23(32)18-9-7-14-30(16-18)24-27-22-21(33-24)17(3)28-31(22)20-11-6-10-19(25)15-20/h6,10-11,15,18H,4-5,7-9,12-14,16H2,1-3H3,(H,26,32). The van der Waals surface area contributed by atoms with Crippen LogP contribution >= 0.6 is 11.3 Å². The van der Waals surface area contributed by atoms with Gasteiger partial charge in [-0.15, -0.1) is 0 Å². The molecule has 1 N–H and O–H groups in total. The number of aromatic nitrogens is 3. The Bertz CT molecular complexity index is 1090. The molecular weight excluding hydrogens is 439 g/mol. The minimum atomic E-state index is -0.300. The van der Waals surface area contributed by atoms with E-state index >= 15 is 0 Å². The number of thiazole rings is 1. The van der Waals surface area contributed by atoms with E-state index in [1.165, 1.54) is 12.1 Å². The number of fused-ring (bicyclic) bond motifs is 1. The molecule has 7 nitrogen and oxygen atoms in total. The van der Waals surface area contributed by atoms with Crippen LogP contribution in [0.4, 0.5) is 9.52 Å². The maximum Gasteiger partial charge on any atom is 0.224 e. The van der Waals surface area contributed by atoms with Gasteiger partial charge in [-0.25, -0.2) is 9.07 Å². The Labute approximate surface area is 198 Å². The summed E-state index contributed by atoms with van der Waals surface area (Å²) in [6.45, 7) is 11.6. The van der Waals surface area contributed by atoms with Crippen LogP contribution in [0.5, 0.6) is 0 Å². The molecular formula is C24H33FN6OS. The van der Waals surface area contributed by atoms with Gasteiger partial charge in [-0.2, -0.15) is 10.1 Å². The second-order valence-corrected chi connectivity index (χ2v) is 9.56. The van der Waals surface area contributed by atoms with Crippen molar-refractivity contribution >= 4 is 32.7 Å². The highest BCUT2D eigenvalue weighted by atomic mass is 32.1. The molecule has 1 aliphatic rings. The molecule has 178 valence electrons. The zero-order valence-corrected chi connectivity index (χ0v) is 20.5. The SMILES string of the molecule is CCN(CC)CCCNC(=O)C1CCCN(c2nc3c(s2)c(C)nn3-c2cccc(F)c2)C1. The highest BCUT2D eigenvalue weighted by Crippen LogP contribution is 2.34. The number of piperidine rings is 1. The fourth-order valence-electron chi connectivity index (χ4n) is 4.41. The average molecular weight is 473 g/mol. The predicted molar refractivity (Wildman–Crippen MR) is 132 cm³/mol. The van der Waals surface area contributed by atoms with Crippen LogP contribution in [0.25, 0.3) is 16.0 Å². The first kappa shape index (κ1) is 23.6.